The summed E-state index contributed by atoms with van der Waals surface area (Å²) in [5, 5.41) is 2.98. The third-order valence-corrected chi connectivity index (χ3v) is 3.40. The zero-order chi connectivity index (χ0) is 18.5. The zero-order valence-corrected chi connectivity index (χ0v) is 13.5. The highest BCUT2D eigenvalue weighted by Crippen LogP contribution is 2.36. The van der Waals surface area contributed by atoms with Gasteiger partial charge in [-0.15, -0.1) is 0 Å². The lowest BCUT2D eigenvalue weighted by Gasteiger charge is -2.20. The predicted octanol–water partition coefficient (Wildman–Crippen LogP) is 5.26. The van der Waals surface area contributed by atoms with E-state index in [0.29, 0.717) is 12.3 Å². The van der Waals surface area contributed by atoms with E-state index in [1.54, 1.807) is 20.8 Å². The fraction of sp³-hybridized carbons (Fsp3) is 0.429. The second kappa shape index (κ2) is 5.65. The summed E-state index contributed by atoms with van der Waals surface area (Å²) in [6.07, 6.45) is -8.87. The van der Waals surface area contributed by atoms with Crippen molar-refractivity contribution in [3.63, 3.8) is 0 Å². The first kappa shape index (κ1) is 18.6. The number of pyridine rings is 1. The smallest absolute Gasteiger partial charge is 0.235 e. The van der Waals surface area contributed by atoms with Crippen LogP contribution in [0.3, 0.4) is 0 Å². The van der Waals surface area contributed by atoms with Crippen molar-refractivity contribution in [1.29, 1.82) is 0 Å². The molecule has 0 bridgehead atoms. The van der Waals surface area contributed by atoms with E-state index in [2.05, 4.69) is 10.1 Å². The van der Waals surface area contributed by atoms with E-state index in [1.165, 1.54) is 0 Å². The Morgan fingerprint density at radius 2 is 1.54 bits per heavy atom. The summed E-state index contributed by atoms with van der Waals surface area (Å²) in [5.41, 5.74) is -2.93. The van der Waals surface area contributed by atoms with Crippen molar-refractivity contribution in [2.24, 2.45) is 0 Å². The number of halogens is 7. The second-order valence-electron chi connectivity index (χ2n) is 6.10. The molecule has 0 atom stereocenters. The van der Waals surface area contributed by atoms with Crippen LogP contribution >= 0.6 is 11.6 Å². The summed E-state index contributed by atoms with van der Waals surface area (Å²) in [6, 6.07) is 1.43. The molecule has 0 spiro atoms. The van der Waals surface area contributed by atoms with Crippen molar-refractivity contribution < 1.29 is 26.3 Å². The zero-order valence-electron chi connectivity index (χ0n) is 12.7. The van der Waals surface area contributed by atoms with Crippen molar-refractivity contribution in [2.75, 3.05) is 0 Å². The Hall–Kier alpha value is -1.77. The van der Waals surface area contributed by atoms with Gasteiger partial charge in [-0.1, -0.05) is 32.4 Å². The SMILES string of the molecule is CC(C)(C)c1cc(C(F)(F)F)nn1-c1ncc(C(F)(F)F)cc1Cl. The van der Waals surface area contributed by atoms with Gasteiger partial charge in [0.25, 0.3) is 0 Å². The van der Waals surface area contributed by atoms with Crippen LogP contribution in [0.5, 0.6) is 0 Å². The van der Waals surface area contributed by atoms with E-state index in [9.17, 15) is 26.3 Å². The third kappa shape index (κ3) is 3.66. The summed E-state index contributed by atoms with van der Waals surface area (Å²) in [6.45, 7) is 4.91. The highest BCUT2D eigenvalue weighted by atomic mass is 35.5. The molecule has 0 saturated heterocycles. The Kier molecular flexibility index (Phi) is 4.37. The van der Waals surface area contributed by atoms with Crippen molar-refractivity contribution >= 4 is 11.6 Å². The van der Waals surface area contributed by atoms with Crippen LogP contribution in [0.25, 0.3) is 5.82 Å². The number of hydrogen-bond donors (Lipinski definition) is 0. The summed E-state index contributed by atoms with van der Waals surface area (Å²) in [7, 11) is 0. The molecule has 0 radical (unpaired) electrons. The first-order valence-corrected chi connectivity index (χ1v) is 7.00. The molecule has 132 valence electrons. The molecular weight excluding hydrogens is 360 g/mol. The Balaban J connectivity index is 2.66. The van der Waals surface area contributed by atoms with Crippen molar-refractivity contribution in [1.82, 2.24) is 14.8 Å². The molecule has 0 aromatic carbocycles. The van der Waals surface area contributed by atoms with Gasteiger partial charge in [0.1, 0.15) is 0 Å². The van der Waals surface area contributed by atoms with Gasteiger partial charge in [0.05, 0.1) is 16.3 Å². The summed E-state index contributed by atoms with van der Waals surface area (Å²) in [5.74, 6) is -0.301. The predicted molar refractivity (Wildman–Crippen MR) is 75.1 cm³/mol. The molecule has 2 aromatic heterocycles. The van der Waals surface area contributed by atoms with Gasteiger partial charge >= 0.3 is 12.4 Å². The van der Waals surface area contributed by atoms with E-state index < -0.39 is 34.0 Å². The summed E-state index contributed by atoms with van der Waals surface area (Å²) >= 11 is 5.81. The Labute approximate surface area is 138 Å². The van der Waals surface area contributed by atoms with Gasteiger partial charge in [-0.2, -0.15) is 31.4 Å². The van der Waals surface area contributed by atoms with E-state index >= 15 is 0 Å². The van der Waals surface area contributed by atoms with Crippen LogP contribution in [0, 0.1) is 0 Å². The van der Waals surface area contributed by atoms with Gasteiger partial charge in [0.15, 0.2) is 11.5 Å². The molecule has 0 fully saturated rings. The Bertz CT molecular complexity index is 755. The normalized spacial score (nSPS) is 13.4. The van der Waals surface area contributed by atoms with Crippen molar-refractivity contribution in [3.05, 3.63) is 40.3 Å². The molecule has 2 rings (SSSR count). The van der Waals surface area contributed by atoms with Crippen LogP contribution in [-0.4, -0.2) is 14.8 Å². The fourth-order valence-electron chi connectivity index (χ4n) is 1.96. The highest BCUT2D eigenvalue weighted by molar-refractivity contribution is 6.32. The average Bonchev–Trinajstić information content (AvgIpc) is 2.82. The van der Waals surface area contributed by atoms with Gasteiger partial charge < -0.3 is 0 Å². The largest absolute Gasteiger partial charge is 0.435 e. The van der Waals surface area contributed by atoms with Crippen LogP contribution in [0.4, 0.5) is 26.3 Å². The van der Waals surface area contributed by atoms with E-state index in [1.807, 2.05) is 0 Å². The Morgan fingerprint density at radius 3 is 1.96 bits per heavy atom. The van der Waals surface area contributed by atoms with Gasteiger partial charge in [-0.25, -0.2) is 9.67 Å². The quantitative estimate of drug-likeness (QED) is 0.640. The van der Waals surface area contributed by atoms with Crippen LogP contribution in [-0.2, 0) is 17.8 Å². The number of aromatic nitrogens is 3. The van der Waals surface area contributed by atoms with Gasteiger partial charge in [0.2, 0.25) is 0 Å². The summed E-state index contributed by atoms with van der Waals surface area (Å²) < 4.78 is 77.6. The lowest BCUT2D eigenvalue weighted by atomic mass is 9.92. The average molecular weight is 372 g/mol. The highest BCUT2D eigenvalue weighted by Gasteiger charge is 2.38. The molecule has 3 nitrogen and oxygen atoms in total. The summed E-state index contributed by atoms with van der Waals surface area (Å²) in [4.78, 5) is 3.57. The number of hydrogen-bond acceptors (Lipinski definition) is 2. The van der Waals surface area contributed by atoms with E-state index in [0.717, 1.165) is 10.7 Å². The van der Waals surface area contributed by atoms with Gasteiger partial charge in [-0.3, -0.25) is 0 Å². The molecule has 0 unspecified atom stereocenters. The lowest BCUT2D eigenvalue weighted by Crippen LogP contribution is -2.18. The van der Waals surface area contributed by atoms with Crippen LogP contribution in [0.2, 0.25) is 5.02 Å². The molecule has 10 heteroatoms. The molecule has 0 aliphatic carbocycles. The first-order valence-electron chi connectivity index (χ1n) is 6.62. The van der Waals surface area contributed by atoms with Crippen LogP contribution in [0.1, 0.15) is 37.7 Å². The molecule has 0 saturated carbocycles. The monoisotopic (exact) mass is 371 g/mol. The molecule has 0 amide bonds. The van der Waals surface area contributed by atoms with Gasteiger partial charge in [0, 0.05) is 11.6 Å². The Morgan fingerprint density at radius 1 is 0.958 bits per heavy atom. The standard InChI is InChI=1S/C14H12ClF6N3/c1-12(2,3)10-5-9(14(19,20)21)23-24(10)11-8(15)4-7(6-22-11)13(16,17)18/h4-6H,1-3H3. The number of nitrogens with zero attached hydrogens (tertiary/aromatic N) is 3. The van der Waals surface area contributed by atoms with Crippen molar-refractivity contribution in [3.8, 4) is 5.82 Å². The molecule has 2 heterocycles. The fourth-order valence-corrected chi connectivity index (χ4v) is 2.20. The number of rotatable bonds is 1. The molecule has 24 heavy (non-hydrogen) atoms. The molecule has 0 aliphatic rings. The number of alkyl halides is 6. The second-order valence-corrected chi connectivity index (χ2v) is 6.51. The minimum absolute atomic E-state index is 0.115. The molecule has 0 N–H and O–H groups in total. The minimum Gasteiger partial charge on any atom is -0.235 e. The maximum absolute atomic E-state index is 12.9. The third-order valence-electron chi connectivity index (χ3n) is 3.12. The molecule has 0 aliphatic heterocycles. The molecular formula is C14H12ClF6N3. The molecule has 2 aromatic rings. The van der Waals surface area contributed by atoms with Crippen molar-refractivity contribution in [2.45, 2.75) is 38.5 Å². The van der Waals surface area contributed by atoms with E-state index in [4.69, 9.17) is 11.6 Å². The van der Waals surface area contributed by atoms with Gasteiger partial charge in [-0.05, 0) is 12.1 Å². The van der Waals surface area contributed by atoms with Crippen LogP contribution in [0.15, 0.2) is 18.3 Å². The van der Waals surface area contributed by atoms with Crippen LogP contribution < -0.4 is 0 Å². The maximum Gasteiger partial charge on any atom is 0.435 e. The maximum atomic E-state index is 12.9. The lowest BCUT2D eigenvalue weighted by molar-refractivity contribution is -0.141. The topological polar surface area (TPSA) is 30.7 Å². The van der Waals surface area contributed by atoms with E-state index in [-0.39, 0.29) is 11.5 Å². The first-order chi connectivity index (χ1) is 10.7. The minimum atomic E-state index is -4.70.